The molecule has 0 N–H and O–H groups in total. The van der Waals surface area contributed by atoms with Crippen molar-refractivity contribution >= 4 is 5.91 Å². The SMILES string of the molecule is CC=C1CCN(C(=O)C2=CCC(F)C=C2)CC1. The van der Waals surface area contributed by atoms with Crippen LogP contribution in [0.2, 0.25) is 0 Å². The summed E-state index contributed by atoms with van der Waals surface area (Å²) in [5.41, 5.74) is 2.06. The highest BCUT2D eigenvalue weighted by atomic mass is 19.1. The molecular formula is C14H18FNO. The summed E-state index contributed by atoms with van der Waals surface area (Å²) in [5, 5.41) is 0. The van der Waals surface area contributed by atoms with Crippen LogP contribution in [0.5, 0.6) is 0 Å². The van der Waals surface area contributed by atoms with Crippen LogP contribution in [0.3, 0.4) is 0 Å². The molecule has 0 aromatic heterocycles. The second kappa shape index (κ2) is 5.30. The van der Waals surface area contributed by atoms with Gasteiger partial charge in [0.2, 0.25) is 0 Å². The van der Waals surface area contributed by atoms with E-state index in [2.05, 4.69) is 6.08 Å². The number of piperidine rings is 1. The summed E-state index contributed by atoms with van der Waals surface area (Å²) in [5.74, 6) is 0.0447. The Morgan fingerprint density at radius 3 is 2.71 bits per heavy atom. The van der Waals surface area contributed by atoms with E-state index in [1.54, 1.807) is 12.2 Å². The van der Waals surface area contributed by atoms with Crippen molar-refractivity contribution in [3.63, 3.8) is 0 Å². The summed E-state index contributed by atoms with van der Waals surface area (Å²) in [7, 11) is 0. The van der Waals surface area contributed by atoms with Gasteiger partial charge in [-0.2, -0.15) is 0 Å². The molecule has 3 heteroatoms. The van der Waals surface area contributed by atoms with E-state index in [0.29, 0.717) is 12.0 Å². The molecule has 2 aliphatic rings. The van der Waals surface area contributed by atoms with Crippen LogP contribution in [-0.4, -0.2) is 30.1 Å². The zero-order valence-corrected chi connectivity index (χ0v) is 10.2. The number of carbonyl (C=O) groups excluding carboxylic acids is 1. The maximum atomic E-state index is 12.9. The van der Waals surface area contributed by atoms with Gasteiger partial charge in [0.15, 0.2) is 0 Å². The summed E-state index contributed by atoms with van der Waals surface area (Å²) in [6, 6.07) is 0. The molecule has 2 nitrogen and oxygen atoms in total. The van der Waals surface area contributed by atoms with Crippen molar-refractivity contribution in [2.75, 3.05) is 13.1 Å². The van der Waals surface area contributed by atoms with E-state index in [0.717, 1.165) is 25.9 Å². The minimum Gasteiger partial charge on any atom is -0.338 e. The molecule has 1 aliphatic heterocycles. The molecule has 0 radical (unpaired) electrons. The number of rotatable bonds is 1. The first-order chi connectivity index (χ1) is 8.20. The van der Waals surface area contributed by atoms with Gasteiger partial charge in [-0.1, -0.05) is 23.8 Å². The molecule has 2 rings (SSSR count). The monoisotopic (exact) mass is 235 g/mol. The Morgan fingerprint density at radius 1 is 1.47 bits per heavy atom. The van der Waals surface area contributed by atoms with E-state index in [1.165, 1.54) is 11.6 Å². The number of alkyl halides is 1. The van der Waals surface area contributed by atoms with E-state index in [4.69, 9.17) is 0 Å². The molecular weight excluding hydrogens is 217 g/mol. The predicted octanol–water partition coefficient (Wildman–Crippen LogP) is 2.78. The third-order valence-corrected chi connectivity index (χ3v) is 3.40. The van der Waals surface area contributed by atoms with Crippen LogP contribution < -0.4 is 0 Å². The largest absolute Gasteiger partial charge is 0.338 e. The van der Waals surface area contributed by atoms with Crippen LogP contribution in [0.25, 0.3) is 0 Å². The van der Waals surface area contributed by atoms with Crippen molar-refractivity contribution in [3.8, 4) is 0 Å². The third kappa shape index (κ3) is 2.84. The zero-order valence-electron chi connectivity index (χ0n) is 10.2. The Bertz CT molecular complexity index is 385. The highest BCUT2D eigenvalue weighted by molar-refractivity contribution is 5.96. The van der Waals surface area contributed by atoms with Gasteiger partial charge in [0.05, 0.1) is 0 Å². The van der Waals surface area contributed by atoms with Gasteiger partial charge in [-0.25, -0.2) is 4.39 Å². The van der Waals surface area contributed by atoms with Crippen molar-refractivity contribution in [3.05, 3.63) is 35.5 Å². The lowest BCUT2D eigenvalue weighted by molar-refractivity contribution is -0.127. The van der Waals surface area contributed by atoms with Crippen molar-refractivity contribution < 1.29 is 9.18 Å². The van der Waals surface area contributed by atoms with Crippen LogP contribution in [0.4, 0.5) is 4.39 Å². The number of hydrogen-bond acceptors (Lipinski definition) is 1. The van der Waals surface area contributed by atoms with Crippen LogP contribution in [0, 0.1) is 0 Å². The molecule has 1 heterocycles. The molecule has 1 unspecified atom stereocenters. The predicted molar refractivity (Wildman–Crippen MR) is 66.3 cm³/mol. The van der Waals surface area contributed by atoms with Gasteiger partial charge in [0, 0.05) is 25.1 Å². The topological polar surface area (TPSA) is 20.3 Å². The van der Waals surface area contributed by atoms with Gasteiger partial charge in [-0.15, -0.1) is 0 Å². The van der Waals surface area contributed by atoms with Crippen molar-refractivity contribution in [2.24, 2.45) is 0 Å². The number of likely N-dealkylation sites (tertiary alicyclic amines) is 1. The van der Waals surface area contributed by atoms with Crippen LogP contribution >= 0.6 is 0 Å². The fourth-order valence-electron chi connectivity index (χ4n) is 2.22. The zero-order chi connectivity index (χ0) is 12.3. The van der Waals surface area contributed by atoms with E-state index < -0.39 is 6.17 Å². The Kier molecular flexibility index (Phi) is 3.77. The Labute approximate surface area is 101 Å². The minimum atomic E-state index is -0.928. The van der Waals surface area contributed by atoms with E-state index in [9.17, 15) is 9.18 Å². The average Bonchev–Trinajstić information content (AvgIpc) is 2.39. The third-order valence-electron chi connectivity index (χ3n) is 3.40. The standard InChI is InChI=1S/C14H18FNO/c1-2-11-7-9-16(10-8-11)14(17)12-3-5-13(15)6-4-12/h2-5,13H,6-10H2,1H3. The number of carbonyl (C=O) groups is 1. The number of halogens is 1. The lowest BCUT2D eigenvalue weighted by Gasteiger charge is -2.29. The Hall–Kier alpha value is -1.38. The summed E-state index contributed by atoms with van der Waals surface area (Å²) < 4.78 is 12.9. The Balaban J connectivity index is 1.96. The number of nitrogens with zero attached hydrogens (tertiary/aromatic N) is 1. The number of hydrogen-bond donors (Lipinski definition) is 0. The van der Waals surface area contributed by atoms with E-state index in [-0.39, 0.29) is 5.91 Å². The molecule has 1 atom stereocenters. The molecule has 0 aromatic rings. The molecule has 1 fully saturated rings. The van der Waals surface area contributed by atoms with Gasteiger partial charge >= 0.3 is 0 Å². The van der Waals surface area contributed by atoms with Gasteiger partial charge < -0.3 is 4.90 Å². The van der Waals surface area contributed by atoms with Crippen LogP contribution in [0.1, 0.15) is 26.2 Å². The second-order valence-corrected chi connectivity index (χ2v) is 4.51. The second-order valence-electron chi connectivity index (χ2n) is 4.51. The first-order valence-corrected chi connectivity index (χ1v) is 6.16. The van der Waals surface area contributed by atoms with Gasteiger partial charge in [-0.05, 0) is 25.8 Å². The summed E-state index contributed by atoms with van der Waals surface area (Å²) in [6.07, 6.45) is 8.24. The summed E-state index contributed by atoms with van der Waals surface area (Å²) in [6.45, 7) is 3.60. The molecule has 1 amide bonds. The van der Waals surface area contributed by atoms with E-state index in [1.807, 2.05) is 11.8 Å². The van der Waals surface area contributed by atoms with Crippen molar-refractivity contribution in [1.29, 1.82) is 0 Å². The maximum absolute atomic E-state index is 12.9. The summed E-state index contributed by atoms with van der Waals surface area (Å²) in [4.78, 5) is 14.0. The highest BCUT2D eigenvalue weighted by Crippen LogP contribution is 2.20. The Morgan fingerprint density at radius 2 is 2.18 bits per heavy atom. The average molecular weight is 235 g/mol. The fourth-order valence-corrected chi connectivity index (χ4v) is 2.22. The maximum Gasteiger partial charge on any atom is 0.253 e. The quantitative estimate of drug-likeness (QED) is 0.640. The lowest BCUT2D eigenvalue weighted by atomic mass is 10.0. The molecule has 1 saturated heterocycles. The van der Waals surface area contributed by atoms with Crippen molar-refractivity contribution in [2.45, 2.75) is 32.4 Å². The normalized spacial score (nSPS) is 24.6. The molecule has 0 spiro atoms. The van der Waals surface area contributed by atoms with Gasteiger partial charge in [-0.3, -0.25) is 4.79 Å². The molecule has 0 saturated carbocycles. The number of allylic oxidation sites excluding steroid dienone is 3. The first kappa shape index (κ1) is 12.1. The highest BCUT2D eigenvalue weighted by Gasteiger charge is 2.21. The van der Waals surface area contributed by atoms with Gasteiger partial charge in [0.1, 0.15) is 6.17 Å². The van der Waals surface area contributed by atoms with Crippen LogP contribution in [0.15, 0.2) is 35.5 Å². The van der Waals surface area contributed by atoms with E-state index >= 15 is 0 Å². The molecule has 92 valence electrons. The molecule has 0 aromatic carbocycles. The molecule has 1 aliphatic carbocycles. The first-order valence-electron chi connectivity index (χ1n) is 6.16. The van der Waals surface area contributed by atoms with Crippen LogP contribution in [-0.2, 0) is 4.79 Å². The number of amides is 1. The minimum absolute atomic E-state index is 0.0447. The fraction of sp³-hybridized carbons (Fsp3) is 0.500. The van der Waals surface area contributed by atoms with Gasteiger partial charge in [0.25, 0.3) is 5.91 Å². The van der Waals surface area contributed by atoms with Crippen molar-refractivity contribution in [1.82, 2.24) is 4.90 Å². The smallest absolute Gasteiger partial charge is 0.253 e. The lowest BCUT2D eigenvalue weighted by Crippen LogP contribution is -2.37. The summed E-state index contributed by atoms with van der Waals surface area (Å²) >= 11 is 0. The molecule has 17 heavy (non-hydrogen) atoms. The molecule has 0 bridgehead atoms.